The SMILES string of the molecule is C[C@H]1CCCCN1C(=O)CSCc1nc(N)nc(Nc2ccccc2)n1. The number of carbonyl (C=O) groups is 1. The van der Waals surface area contributed by atoms with Gasteiger partial charge in [0.05, 0.1) is 11.5 Å². The number of benzene rings is 1. The van der Waals surface area contributed by atoms with Crippen LogP contribution in [0.15, 0.2) is 30.3 Å². The Morgan fingerprint density at radius 2 is 2.08 bits per heavy atom. The van der Waals surface area contributed by atoms with E-state index in [4.69, 9.17) is 5.73 Å². The molecule has 138 valence electrons. The van der Waals surface area contributed by atoms with Gasteiger partial charge in [-0.05, 0) is 38.3 Å². The van der Waals surface area contributed by atoms with E-state index in [-0.39, 0.29) is 11.9 Å². The number of carbonyl (C=O) groups excluding carboxylic acids is 1. The summed E-state index contributed by atoms with van der Waals surface area (Å²) in [5, 5.41) is 3.12. The highest BCUT2D eigenvalue weighted by atomic mass is 32.2. The number of likely N-dealkylation sites (tertiary alicyclic amines) is 1. The third-order valence-electron chi connectivity index (χ3n) is 4.31. The third kappa shape index (κ3) is 5.08. The number of piperidine rings is 1. The molecule has 1 aliphatic heterocycles. The molecule has 1 amide bonds. The lowest BCUT2D eigenvalue weighted by atomic mass is 10.0. The Bertz CT molecular complexity index is 742. The van der Waals surface area contributed by atoms with Crippen LogP contribution in [0.1, 0.15) is 32.0 Å². The lowest BCUT2D eigenvalue weighted by molar-refractivity contribution is -0.131. The van der Waals surface area contributed by atoms with E-state index < -0.39 is 0 Å². The van der Waals surface area contributed by atoms with Crippen LogP contribution in [-0.2, 0) is 10.5 Å². The van der Waals surface area contributed by atoms with Crippen molar-refractivity contribution in [1.29, 1.82) is 0 Å². The van der Waals surface area contributed by atoms with Gasteiger partial charge in [0, 0.05) is 18.3 Å². The number of hydrogen-bond donors (Lipinski definition) is 2. The van der Waals surface area contributed by atoms with Gasteiger partial charge in [0.25, 0.3) is 0 Å². The van der Waals surface area contributed by atoms with Crippen LogP contribution < -0.4 is 11.1 Å². The Hall–Kier alpha value is -2.35. The number of nitrogens with zero attached hydrogens (tertiary/aromatic N) is 4. The summed E-state index contributed by atoms with van der Waals surface area (Å²) < 4.78 is 0. The molecule has 0 saturated carbocycles. The molecule has 7 nitrogen and oxygen atoms in total. The first-order valence-electron chi connectivity index (χ1n) is 8.81. The van der Waals surface area contributed by atoms with Gasteiger partial charge < -0.3 is 16.0 Å². The van der Waals surface area contributed by atoms with E-state index in [0.717, 1.165) is 25.1 Å². The number of nitrogens with one attached hydrogen (secondary N) is 1. The van der Waals surface area contributed by atoms with E-state index in [9.17, 15) is 4.79 Å². The van der Waals surface area contributed by atoms with Crippen molar-refractivity contribution in [2.24, 2.45) is 0 Å². The summed E-state index contributed by atoms with van der Waals surface area (Å²) >= 11 is 1.51. The summed E-state index contributed by atoms with van der Waals surface area (Å²) in [5.74, 6) is 2.29. The maximum absolute atomic E-state index is 12.4. The molecular weight excluding hydrogens is 348 g/mol. The summed E-state index contributed by atoms with van der Waals surface area (Å²) in [6.45, 7) is 2.99. The van der Waals surface area contributed by atoms with Crippen LogP contribution in [0.2, 0.25) is 0 Å². The zero-order valence-electron chi connectivity index (χ0n) is 14.9. The first-order chi connectivity index (χ1) is 12.6. The first-order valence-corrected chi connectivity index (χ1v) is 9.97. The molecule has 1 atom stereocenters. The van der Waals surface area contributed by atoms with Crippen molar-refractivity contribution >= 4 is 35.3 Å². The molecule has 0 aliphatic carbocycles. The summed E-state index contributed by atoms with van der Waals surface area (Å²) in [6.07, 6.45) is 3.40. The minimum atomic E-state index is 0.171. The van der Waals surface area contributed by atoms with Gasteiger partial charge in [0.1, 0.15) is 5.82 Å². The van der Waals surface area contributed by atoms with Crippen molar-refractivity contribution in [1.82, 2.24) is 19.9 Å². The van der Waals surface area contributed by atoms with Gasteiger partial charge in [-0.2, -0.15) is 15.0 Å². The predicted molar refractivity (Wildman–Crippen MR) is 105 cm³/mol. The van der Waals surface area contributed by atoms with Crippen LogP contribution in [0.4, 0.5) is 17.6 Å². The molecular formula is C18H24N6OS. The topological polar surface area (TPSA) is 97.0 Å². The molecule has 1 aliphatic rings. The Labute approximate surface area is 157 Å². The second kappa shape index (κ2) is 8.84. The largest absolute Gasteiger partial charge is 0.368 e. The molecule has 0 bridgehead atoms. The van der Waals surface area contributed by atoms with Crippen molar-refractivity contribution in [2.45, 2.75) is 38.0 Å². The monoisotopic (exact) mass is 372 g/mol. The highest BCUT2D eigenvalue weighted by Crippen LogP contribution is 2.19. The molecule has 8 heteroatoms. The number of para-hydroxylation sites is 1. The number of hydrogen-bond acceptors (Lipinski definition) is 7. The van der Waals surface area contributed by atoms with Crippen LogP contribution in [0.3, 0.4) is 0 Å². The van der Waals surface area contributed by atoms with Crippen molar-refractivity contribution < 1.29 is 4.79 Å². The molecule has 3 N–H and O–H groups in total. The number of nitrogens with two attached hydrogens (primary N) is 1. The molecule has 2 aromatic rings. The van der Waals surface area contributed by atoms with Crippen LogP contribution >= 0.6 is 11.8 Å². The van der Waals surface area contributed by atoms with Crippen LogP contribution in [-0.4, -0.2) is 44.1 Å². The maximum atomic E-state index is 12.4. The highest BCUT2D eigenvalue weighted by molar-refractivity contribution is 7.99. The van der Waals surface area contributed by atoms with Crippen molar-refractivity contribution in [2.75, 3.05) is 23.3 Å². The van der Waals surface area contributed by atoms with E-state index >= 15 is 0 Å². The van der Waals surface area contributed by atoms with Gasteiger partial charge in [0.2, 0.25) is 17.8 Å². The van der Waals surface area contributed by atoms with E-state index in [0.29, 0.717) is 29.3 Å². The van der Waals surface area contributed by atoms with Gasteiger partial charge in [-0.15, -0.1) is 11.8 Å². The Morgan fingerprint density at radius 3 is 2.85 bits per heavy atom. The fourth-order valence-electron chi connectivity index (χ4n) is 2.99. The summed E-state index contributed by atoms with van der Waals surface area (Å²) in [4.78, 5) is 27.1. The molecule has 1 aromatic carbocycles. The number of amides is 1. The predicted octanol–water partition coefficient (Wildman–Crippen LogP) is 2.83. The Morgan fingerprint density at radius 1 is 1.27 bits per heavy atom. The molecule has 3 rings (SSSR count). The van der Waals surface area contributed by atoms with Crippen LogP contribution in [0, 0.1) is 0 Å². The number of rotatable bonds is 6. The number of nitrogen functional groups attached to an aromatic ring is 1. The molecule has 2 heterocycles. The average Bonchev–Trinajstić information content (AvgIpc) is 2.62. The van der Waals surface area contributed by atoms with Gasteiger partial charge in [-0.1, -0.05) is 18.2 Å². The van der Waals surface area contributed by atoms with Crippen molar-refractivity contribution in [3.8, 4) is 0 Å². The maximum Gasteiger partial charge on any atom is 0.232 e. The second-order valence-electron chi connectivity index (χ2n) is 6.35. The Kier molecular flexibility index (Phi) is 6.27. The van der Waals surface area contributed by atoms with E-state index in [1.807, 2.05) is 35.2 Å². The summed E-state index contributed by atoms with van der Waals surface area (Å²) in [6, 6.07) is 9.98. The van der Waals surface area contributed by atoms with Crippen molar-refractivity contribution in [3.63, 3.8) is 0 Å². The highest BCUT2D eigenvalue weighted by Gasteiger charge is 2.22. The standard InChI is InChI=1S/C18H24N6OS/c1-13-7-5-6-10-24(13)16(25)12-26-11-15-21-17(19)23-18(22-15)20-14-8-3-2-4-9-14/h2-4,8-9,13H,5-7,10-12H2,1H3,(H3,19,20,21,22,23)/t13-/m0/s1. The smallest absolute Gasteiger partial charge is 0.232 e. The quantitative estimate of drug-likeness (QED) is 0.804. The zero-order valence-corrected chi connectivity index (χ0v) is 15.7. The molecule has 0 radical (unpaired) electrons. The first kappa shape index (κ1) is 18.4. The normalized spacial score (nSPS) is 17.1. The fraction of sp³-hybridized carbons (Fsp3) is 0.444. The average molecular weight is 372 g/mol. The number of aromatic nitrogens is 3. The zero-order chi connectivity index (χ0) is 18.4. The Balaban J connectivity index is 1.55. The lowest BCUT2D eigenvalue weighted by Crippen LogP contribution is -2.42. The number of anilines is 3. The van der Waals surface area contributed by atoms with Crippen molar-refractivity contribution in [3.05, 3.63) is 36.2 Å². The van der Waals surface area contributed by atoms with E-state index in [2.05, 4.69) is 27.2 Å². The van der Waals surface area contributed by atoms with Crippen LogP contribution in [0.25, 0.3) is 0 Å². The molecule has 26 heavy (non-hydrogen) atoms. The minimum Gasteiger partial charge on any atom is -0.368 e. The minimum absolute atomic E-state index is 0.171. The molecule has 1 saturated heterocycles. The second-order valence-corrected chi connectivity index (χ2v) is 7.33. The van der Waals surface area contributed by atoms with Gasteiger partial charge in [0.15, 0.2) is 0 Å². The number of thioether (sulfide) groups is 1. The molecule has 0 unspecified atom stereocenters. The molecule has 1 fully saturated rings. The van der Waals surface area contributed by atoms with E-state index in [1.165, 1.54) is 18.2 Å². The summed E-state index contributed by atoms with van der Waals surface area (Å²) in [7, 11) is 0. The summed E-state index contributed by atoms with van der Waals surface area (Å²) in [5.41, 5.74) is 6.67. The lowest BCUT2D eigenvalue weighted by Gasteiger charge is -2.33. The van der Waals surface area contributed by atoms with Gasteiger partial charge >= 0.3 is 0 Å². The fourth-order valence-corrected chi connectivity index (χ4v) is 3.74. The molecule has 0 spiro atoms. The molecule has 1 aromatic heterocycles. The van der Waals surface area contributed by atoms with Crippen LogP contribution in [0.5, 0.6) is 0 Å². The third-order valence-corrected chi connectivity index (χ3v) is 5.22. The van der Waals surface area contributed by atoms with Gasteiger partial charge in [-0.3, -0.25) is 4.79 Å². The van der Waals surface area contributed by atoms with Gasteiger partial charge in [-0.25, -0.2) is 0 Å². The van der Waals surface area contributed by atoms with E-state index in [1.54, 1.807) is 0 Å².